The van der Waals surface area contributed by atoms with Crippen LogP contribution in [0.3, 0.4) is 0 Å². The van der Waals surface area contributed by atoms with Crippen LogP contribution in [0, 0.1) is 0 Å². The Morgan fingerprint density at radius 3 is 2.83 bits per heavy atom. The second-order valence-corrected chi connectivity index (χ2v) is 4.39. The van der Waals surface area contributed by atoms with E-state index in [4.69, 9.17) is 5.73 Å². The van der Waals surface area contributed by atoms with E-state index in [9.17, 15) is 0 Å². The molecule has 1 aromatic carbocycles. The summed E-state index contributed by atoms with van der Waals surface area (Å²) in [6.07, 6.45) is 0. The van der Waals surface area contributed by atoms with Gasteiger partial charge in [0.05, 0.1) is 0 Å². The van der Waals surface area contributed by atoms with Crippen molar-refractivity contribution in [2.24, 2.45) is 0 Å². The van der Waals surface area contributed by atoms with Gasteiger partial charge in [-0.2, -0.15) is 11.8 Å². The predicted molar refractivity (Wildman–Crippen MR) is 57.4 cm³/mol. The number of nitrogens with two attached hydrogens (primary N) is 1. The first-order valence-corrected chi connectivity index (χ1v) is 5.26. The van der Waals surface area contributed by atoms with E-state index in [1.165, 1.54) is 5.56 Å². The summed E-state index contributed by atoms with van der Waals surface area (Å²) in [6, 6.07) is 8.11. The van der Waals surface area contributed by atoms with E-state index < -0.39 is 0 Å². The van der Waals surface area contributed by atoms with Crippen molar-refractivity contribution < 1.29 is 0 Å². The van der Waals surface area contributed by atoms with Crippen LogP contribution in [-0.2, 0) is 0 Å². The molecule has 0 heterocycles. The third-order valence-corrected chi connectivity index (χ3v) is 2.90. The Hall–Kier alpha value is -0.630. The fraction of sp³-hybridized carbons (Fsp3) is 0.400. The Balaban J connectivity index is 2.73. The quantitative estimate of drug-likeness (QED) is 0.725. The van der Waals surface area contributed by atoms with Crippen molar-refractivity contribution in [3.8, 4) is 0 Å². The first kappa shape index (κ1) is 9.46. The summed E-state index contributed by atoms with van der Waals surface area (Å²) in [5.41, 5.74) is 7.86. The van der Waals surface area contributed by atoms with Gasteiger partial charge in [-0.05, 0) is 30.4 Å². The van der Waals surface area contributed by atoms with Crippen LogP contribution < -0.4 is 5.73 Å². The number of thioether (sulfide) groups is 1. The van der Waals surface area contributed by atoms with Crippen molar-refractivity contribution in [1.82, 2.24) is 0 Å². The molecule has 0 spiro atoms. The van der Waals surface area contributed by atoms with Crippen LogP contribution >= 0.6 is 11.8 Å². The van der Waals surface area contributed by atoms with Gasteiger partial charge in [0, 0.05) is 10.9 Å². The van der Waals surface area contributed by atoms with Gasteiger partial charge in [0.2, 0.25) is 0 Å². The minimum atomic E-state index is 0.554. The van der Waals surface area contributed by atoms with Crippen LogP contribution in [0.15, 0.2) is 24.3 Å². The molecule has 0 aliphatic carbocycles. The SMILES string of the molecule is CCSC(C)c1cccc(N)c1. The summed E-state index contributed by atoms with van der Waals surface area (Å²) < 4.78 is 0. The molecule has 0 saturated heterocycles. The number of hydrogen-bond acceptors (Lipinski definition) is 2. The van der Waals surface area contributed by atoms with Gasteiger partial charge >= 0.3 is 0 Å². The van der Waals surface area contributed by atoms with Crippen LogP contribution in [0.25, 0.3) is 0 Å². The first-order valence-electron chi connectivity index (χ1n) is 4.21. The molecule has 1 unspecified atom stereocenters. The maximum absolute atomic E-state index is 5.68. The first-order chi connectivity index (χ1) is 5.74. The Labute approximate surface area is 78.4 Å². The van der Waals surface area contributed by atoms with Gasteiger partial charge in [0.15, 0.2) is 0 Å². The van der Waals surface area contributed by atoms with E-state index in [-0.39, 0.29) is 0 Å². The van der Waals surface area contributed by atoms with E-state index in [1.807, 2.05) is 30.0 Å². The fourth-order valence-corrected chi connectivity index (χ4v) is 2.00. The van der Waals surface area contributed by atoms with Crippen molar-refractivity contribution >= 4 is 17.4 Å². The second kappa shape index (κ2) is 4.41. The number of nitrogen functional groups attached to an aromatic ring is 1. The number of benzene rings is 1. The number of anilines is 1. The summed E-state index contributed by atoms with van der Waals surface area (Å²) in [4.78, 5) is 0. The Morgan fingerprint density at radius 1 is 1.50 bits per heavy atom. The van der Waals surface area contributed by atoms with Gasteiger partial charge in [0.1, 0.15) is 0 Å². The minimum absolute atomic E-state index is 0.554. The van der Waals surface area contributed by atoms with Crippen LogP contribution in [0.4, 0.5) is 5.69 Å². The van der Waals surface area contributed by atoms with Crippen molar-refractivity contribution in [2.75, 3.05) is 11.5 Å². The largest absolute Gasteiger partial charge is 0.399 e. The lowest BCUT2D eigenvalue weighted by Crippen LogP contribution is -1.91. The lowest BCUT2D eigenvalue weighted by Gasteiger charge is -2.10. The van der Waals surface area contributed by atoms with Crippen LogP contribution in [0.1, 0.15) is 24.7 Å². The van der Waals surface area contributed by atoms with E-state index in [0.29, 0.717) is 5.25 Å². The normalized spacial score (nSPS) is 12.8. The zero-order valence-corrected chi connectivity index (χ0v) is 8.40. The van der Waals surface area contributed by atoms with E-state index >= 15 is 0 Å². The molecule has 0 bridgehead atoms. The van der Waals surface area contributed by atoms with Crippen molar-refractivity contribution in [2.45, 2.75) is 19.1 Å². The molecule has 66 valence electrons. The van der Waals surface area contributed by atoms with E-state index in [1.54, 1.807) is 0 Å². The lowest BCUT2D eigenvalue weighted by atomic mass is 10.1. The maximum Gasteiger partial charge on any atom is 0.0317 e. The van der Waals surface area contributed by atoms with Gasteiger partial charge in [-0.1, -0.05) is 19.1 Å². The molecule has 0 aromatic heterocycles. The van der Waals surface area contributed by atoms with Crippen LogP contribution in [-0.4, -0.2) is 5.75 Å². The highest BCUT2D eigenvalue weighted by Gasteiger charge is 2.03. The van der Waals surface area contributed by atoms with Gasteiger partial charge in [0.25, 0.3) is 0 Å². The van der Waals surface area contributed by atoms with Gasteiger partial charge in [-0.15, -0.1) is 0 Å². The zero-order chi connectivity index (χ0) is 8.97. The van der Waals surface area contributed by atoms with Crippen molar-refractivity contribution in [3.63, 3.8) is 0 Å². The molecular weight excluding hydrogens is 166 g/mol. The van der Waals surface area contributed by atoms with E-state index in [2.05, 4.69) is 19.9 Å². The number of rotatable bonds is 3. The van der Waals surface area contributed by atoms with Gasteiger partial charge < -0.3 is 5.73 Å². The highest BCUT2D eigenvalue weighted by Crippen LogP contribution is 2.28. The summed E-state index contributed by atoms with van der Waals surface area (Å²) in [6.45, 7) is 4.39. The number of hydrogen-bond donors (Lipinski definition) is 1. The molecule has 1 aromatic rings. The smallest absolute Gasteiger partial charge is 0.0317 e. The second-order valence-electron chi connectivity index (χ2n) is 2.77. The molecule has 0 radical (unpaired) electrons. The molecule has 0 saturated carbocycles. The van der Waals surface area contributed by atoms with E-state index in [0.717, 1.165) is 11.4 Å². The average molecular weight is 181 g/mol. The van der Waals surface area contributed by atoms with Gasteiger partial charge in [-0.3, -0.25) is 0 Å². The topological polar surface area (TPSA) is 26.0 Å². The molecule has 12 heavy (non-hydrogen) atoms. The third-order valence-electron chi connectivity index (χ3n) is 1.80. The molecule has 1 nitrogen and oxygen atoms in total. The summed E-state index contributed by atoms with van der Waals surface area (Å²) in [7, 11) is 0. The Bertz CT molecular complexity index is 247. The molecule has 0 aliphatic heterocycles. The minimum Gasteiger partial charge on any atom is -0.399 e. The van der Waals surface area contributed by atoms with Gasteiger partial charge in [-0.25, -0.2) is 0 Å². The predicted octanol–water partition coefficient (Wildman–Crippen LogP) is 3.08. The zero-order valence-electron chi connectivity index (χ0n) is 7.58. The average Bonchev–Trinajstić information content (AvgIpc) is 2.05. The Morgan fingerprint density at radius 2 is 2.25 bits per heavy atom. The molecule has 1 rings (SSSR count). The van der Waals surface area contributed by atoms with Crippen LogP contribution in [0.2, 0.25) is 0 Å². The van der Waals surface area contributed by atoms with Crippen molar-refractivity contribution in [1.29, 1.82) is 0 Å². The standard InChI is InChI=1S/C10H15NS/c1-3-12-8(2)9-5-4-6-10(11)7-9/h4-8H,3,11H2,1-2H3. The highest BCUT2D eigenvalue weighted by atomic mass is 32.2. The fourth-order valence-electron chi connectivity index (χ4n) is 1.16. The Kier molecular flexibility index (Phi) is 3.48. The summed E-state index contributed by atoms with van der Waals surface area (Å²) >= 11 is 1.94. The molecular formula is C10H15NS. The molecule has 1 atom stereocenters. The molecule has 0 fully saturated rings. The third kappa shape index (κ3) is 2.45. The lowest BCUT2D eigenvalue weighted by molar-refractivity contribution is 1.10. The molecule has 2 heteroatoms. The summed E-state index contributed by atoms with van der Waals surface area (Å²) in [5, 5.41) is 0.554. The molecule has 0 aliphatic rings. The molecule has 0 amide bonds. The van der Waals surface area contributed by atoms with Crippen molar-refractivity contribution in [3.05, 3.63) is 29.8 Å². The molecule has 2 N–H and O–H groups in total. The maximum atomic E-state index is 5.68. The monoisotopic (exact) mass is 181 g/mol. The summed E-state index contributed by atoms with van der Waals surface area (Å²) in [5.74, 6) is 1.15. The highest BCUT2D eigenvalue weighted by molar-refractivity contribution is 7.99. The van der Waals surface area contributed by atoms with Crippen LogP contribution in [0.5, 0.6) is 0 Å².